The fourth-order valence-electron chi connectivity index (χ4n) is 7.90. The van der Waals surface area contributed by atoms with Gasteiger partial charge in [0.15, 0.2) is 0 Å². The molecular weight excluding hydrogens is 646 g/mol. The van der Waals surface area contributed by atoms with Crippen LogP contribution in [0.25, 0.3) is 5.70 Å². The number of fused-ring (bicyclic) bond motifs is 4. The SMILES string of the molecule is OC1(N2CCc3cnc(OCC4(CN5CC[C@@H](F)C5)CC4)nc3C2)C=C(N2CC3CCC(C2)N3)c2c(I)cccc2C1. The number of nitrogens with one attached hydrogen (secondary N) is 1. The molecule has 4 fully saturated rings. The summed E-state index contributed by atoms with van der Waals surface area (Å²) in [5.41, 5.74) is 4.73. The molecule has 8 nitrogen and oxygen atoms in total. The predicted molar refractivity (Wildman–Crippen MR) is 167 cm³/mol. The first-order chi connectivity index (χ1) is 20.3. The number of aliphatic hydroxyl groups is 1. The first-order valence-electron chi connectivity index (χ1n) is 15.7. The van der Waals surface area contributed by atoms with E-state index in [-0.39, 0.29) is 5.41 Å². The Kier molecular flexibility index (Phi) is 7.01. The first-order valence-corrected chi connectivity index (χ1v) is 16.8. The zero-order valence-corrected chi connectivity index (χ0v) is 26.2. The lowest BCUT2D eigenvalue weighted by Crippen LogP contribution is -2.55. The molecule has 6 aliphatic rings. The maximum atomic E-state index is 13.7. The van der Waals surface area contributed by atoms with Crippen LogP contribution in [-0.2, 0) is 19.4 Å². The van der Waals surface area contributed by atoms with E-state index in [9.17, 15) is 9.50 Å². The number of piperazine rings is 1. The molecule has 0 amide bonds. The van der Waals surface area contributed by atoms with Gasteiger partial charge in [0.2, 0.25) is 0 Å². The fraction of sp³-hybridized carbons (Fsp3) is 0.625. The van der Waals surface area contributed by atoms with E-state index < -0.39 is 11.9 Å². The molecule has 0 spiro atoms. The molecule has 4 aliphatic heterocycles. The Hall–Kier alpha value is -1.86. The number of ether oxygens (including phenoxy) is 1. The van der Waals surface area contributed by atoms with Gasteiger partial charge in [-0.2, -0.15) is 4.98 Å². The summed E-state index contributed by atoms with van der Waals surface area (Å²) in [6.45, 7) is 6.11. The Balaban J connectivity index is 1.01. The van der Waals surface area contributed by atoms with E-state index >= 15 is 0 Å². The van der Waals surface area contributed by atoms with Crippen LogP contribution in [0, 0.1) is 8.99 Å². The van der Waals surface area contributed by atoms with Gasteiger partial charge in [0, 0.05) is 90.8 Å². The number of aromatic nitrogens is 2. The zero-order valence-electron chi connectivity index (χ0n) is 24.1. The van der Waals surface area contributed by atoms with E-state index in [1.54, 1.807) is 0 Å². The Morgan fingerprint density at radius 3 is 2.69 bits per heavy atom. The normalized spacial score (nSPS) is 31.9. The lowest BCUT2D eigenvalue weighted by molar-refractivity contribution is -0.0780. The molecule has 2 bridgehead atoms. The monoisotopic (exact) mass is 686 g/mol. The maximum absolute atomic E-state index is 13.7. The molecule has 8 rings (SSSR count). The average Bonchev–Trinajstić information content (AvgIpc) is 3.50. The van der Waals surface area contributed by atoms with Gasteiger partial charge in [0.1, 0.15) is 11.9 Å². The number of benzene rings is 1. The smallest absolute Gasteiger partial charge is 0.316 e. The van der Waals surface area contributed by atoms with Gasteiger partial charge < -0.3 is 20.1 Å². The molecule has 10 heteroatoms. The molecule has 0 radical (unpaired) electrons. The number of rotatable bonds is 7. The van der Waals surface area contributed by atoms with Crippen molar-refractivity contribution in [1.29, 1.82) is 0 Å². The molecule has 1 aromatic heterocycles. The Bertz CT molecular complexity index is 1390. The summed E-state index contributed by atoms with van der Waals surface area (Å²) >= 11 is 2.45. The standard InChI is InChI=1S/C32H40FIN6O2/c33-23-7-10-38(15-23)19-31(8-9-31)20-42-30-35-14-22-6-11-40(18-27(22)37-30)32(41)12-21-2-1-3-26(34)29(21)28(13-32)39-16-24-4-5-25(17-39)36-24/h1-3,13-14,23-25,36,41H,4-12,15-20H2/t23-,24?,25?,32?/m1/s1. The lowest BCUT2D eigenvalue weighted by atomic mass is 9.86. The van der Waals surface area contributed by atoms with Gasteiger partial charge in [-0.05, 0) is 84.4 Å². The van der Waals surface area contributed by atoms with Gasteiger partial charge >= 0.3 is 6.01 Å². The number of nitrogens with zero attached hydrogens (tertiary/aromatic N) is 5. The van der Waals surface area contributed by atoms with E-state index in [1.165, 1.54) is 33.2 Å². The molecule has 1 aromatic carbocycles. The van der Waals surface area contributed by atoms with Crippen LogP contribution in [0.15, 0.2) is 30.5 Å². The van der Waals surface area contributed by atoms with Gasteiger partial charge in [-0.15, -0.1) is 0 Å². The molecule has 2 aliphatic carbocycles. The second-order valence-electron chi connectivity index (χ2n) is 13.6. The van der Waals surface area contributed by atoms with Gasteiger partial charge in [0.25, 0.3) is 0 Å². The number of likely N-dealkylation sites (tertiary alicyclic amines) is 2. The van der Waals surface area contributed by atoms with Crippen molar-refractivity contribution in [3.8, 4) is 6.01 Å². The van der Waals surface area contributed by atoms with Crippen LogP contribution in [0.4, 0.5) is 4.39 Å². The second kappa shape index (κ2) is 10.6. The number of hydrogen-bond donors (Lipinski definition) is 2. The highest BCUT2D eigenvalue weighted by Crippen LogP contribution is 2.47. The van der Waals surface area contributed by atoms with Crippen LogP contribution >= 0.6 is 22.6 Å². The quantitative estimate of drug-likeness (QED) is 0.430. The highest BCUT2D eigenvalue weighted by molar-refractivity contribution is 14.1. The van der Waals surface area contributed by atoms with Crippen molar-refractivity contribution in [2.75, 3.05) is 45.9 Å². The van der Waals surface area contributed by atoms with Crippen LogP contribution < -0.4 is 10.1 Å². The van der Waals surface area contributed by atoms with Crippen molar-refractivity contribution >= 4 is 28.3 Å². The summed E-state index contributed by atoms with van der Waals surface area (Å²) in [7, 11) is 0. The number of halogens is 2. The molecule has 4 atom stereocenters. The molecule has 1 saturated carbocycles. The molecule has 5 heterocycles. The highest BCUT2D eigenvalue weighted by Gasteiger charge is 2.46. The average molecular weight is 687 g/mol. The first kappa shape index (κ1) is 27.7. The van der Waals surface area contributed by atoms with Crippen molar-refractivity contribution in [3.63, 3.8) is 0 Å². The third-order valence-corrected chi connectivity index (χ3v) is 11.3. The second-order valence-corrected chi connectivity index (χ2v) is 14.8. The minimum Gasteiger partial charge on any atom is -0.463 e. The van der Waals surface area contributed by atoms with Gasteiger partial charge in [-0.25, -0.2) is 9.37 Å². The number of alkyl halides is 1. The van der Waals surface area contributed by atoms with E-state index in [1.807, 2.05) is 6.20 Å². The van der Waals surface area contributed by atoms with Gasteiger partial charge in [-0.3, -0.25) is 9.80 Å². The largest absolute Gasteiger partial charge is 0.463 e. The van der Waals surface area contributed by atoms with Crippen molar-refractivity contribution in [2.45, 2.75) is 75.5 Å². The van der Waals surface area contributed by atoms with E-state index in [4.69, 9.17) is 9.72 Å². The van der Waals surface area contributed by atoms with Crippen LogP contribution in [-0.4, -0.2) is 99.6 Å². The minimum atomic E-state index is -1.09. The minimum absolute atomic E-state index is 0.0994. The topological polar surface area (TPSA) is 77.0 Å². The molecular formula is C32H40FIN6O2. The van der Waals surface area contributed by atoms with E-state index in [2.05, 4.69) is 71.9 Å². The molecule has 2 aromatic rings. The third-order valence-electron chi connectivity index (χ3n) is 10.4. The predicted octanol–water partition coefficient (Wildman–Crippen LogP) is 3.36. The van der Waals surface area contributed by atoms with Crippen LogP contribution in [0.5, 0.6) is 6.01 Å². The molecule has 3 saturated heterocycles. The summed E-state index contributed by atoms with van der Waals surface area (Å²) in [6.07, 6.45) is 10.0. The van der Waals surface area contributed by atoms with Crippen LogP contribution in [0.1, 0.15) is 54.5 Å². The highest BCUT2D eigenvalue weighted by atomic mass is 127. The van der Waals surface area contributed by atoms with Crippen LogP contribution in [0.2, 0.25) is 0 Å². The Labute approximate surface area is 260 Å². The fourth-order valence-corrected chi connectivity index (χ4v) is 8.73. The summed E-state index contributed by atoms with van der Waals surface area (Å²) < 4.78 is 21.1. The van der Waals surface area contributed by atoms with Crippen molar-refractivity contribution in [3.05, 3.63) is 56.4 Å². The van der Waals surface area contributed by atoms with Crippen molar-refractivity contribution < 1.29 is 14.2 Å². The molecule has 3 unspecified atom stereocenters. The summed E-state index contributed by atoms with van der Waals surface area (Å²) in [5.74, 6) is 0. The maximum Gasteiger partial charge on any atom is 0.316 e. The Morgan fingerprint density at radius 2 is 1.93 bits per heavy atom. The number of hydrogen-bond acceptors (Lipinski definition) is 8. The van der Waals surface area contributed by atoms with Crippen molar-refractivity contribution in [2.24, 2.45) is 5.41 Å². The molecule has 224 valence electrons. The van der Waals surface area contributed by atoms with Crippen LogP contribution in [0.3, 0.4) is 0 Å². The summed E-state index contributed by atoms with van der Waals surface area (Å²) in [4.78, 5) is 16.3. The van der Waals surface area contributed by atoms with Crippen molar-refractivity contribution in [1.82, 2.24) is 30.0 Å². The van der Waals surface area contributed by atoms with Gasteiger partial charge in [-0.1, -0.05) is 12.1 Å². The summed E-state index contributed by atoms with van der Waals surface area (Å²) in [6, 6.07) is 7.93. The molecule has 42 heavy (non-hydrogen) atoms. The zero-order chi connectivity index (χ0) is 28.5. The van der Waals surface area contributed by atoms with E-state index in [0.29, 0.717) is 50.6 Å². The van der Waals surface area contributed by atoms with Gasteiger partial charge in [0.05, 0.1) is 12.3 Å². The lowest BCUT2D eigenvalue weighted by Gasteiger charge is -2.46. The molecule has 2 N–H and O–H groups in total. The van der Waals surface area contributed by atoms with E-state index in [0.717, 1.165) is 63.2 Å². The Morgan fingerprint density at radius 1 is 1.10 bits per heavy atom. The third kappa shape index (κ3) is 5.25. The summed E-state index contributed by atoms with van der Waals surface area (Å²) in [5, 5.41) is 16.1.